The van der Waals surface area contributed by atoms with Crippen molar-refractivity contribution in [3.63, 3.8) is 0 Å². The number of aromatic nitrogens is 2. The van der Waals surface area contributed by atoms with E-state index in [1.165, 1.54) is 12.1 Å². The Morgan fingerprint density at radius 1 is 1.57 bits per heavy atom. The van der Waals surface area contributed by atoms with Gasteiger partial charge in [-0.2, -0.15) is 0 Å². The lowest BCUT2D eigenvalue weighted by atomic mass is 9.99. The molecule has 0 saturated carbocycles. The summed E-state index contributed by atoms with van der Waals surface area (Å²) in [7, 11) is 0. The Balaban J connectivity index is 1.84. The molecule has 2 N–H and O–H groups in total. The summed E-state index contributed by atoms with van der Waals surface area (Å²) in [6.07, 6.45) is 4.19. The number of likely N-dealkylation sites (tertiary alicyclic amines) is 1. The highest BCUT2D eigenvalue weighted by atomic mass is 35.5. The second-order valence-electron chi connectivity index (χ2n) is 7.16. The Labute approximate surface area is 167 Å². The molecule has 1 aromatic heterocycles. The van der Waals surface area contributed by atoms with Crippen LogP contribution >= 0.6 is 11.6 Å². The van der Waals surface area contributed by atoms with Crippen molar-refractivity contribution < 1.29 is 19.2 Å². The SMILES string of the molecule is CCCC[C@H](CN(O)C=O)C(=O)N1CCC[C@H]1c1nc2cc(Cl)c(F)cc2[nH]1. The lowest BCUT2D eigenvalue weighted by Gasteiger charge is -2.29. The molecule has 1 aromatic carbocycles. The number of unbranched alkanes of at least 4 members (excludes halogenated alkanes) is 1. The van der Waals surface area contributed by atoms with E-state index in [1.54, 1.807) is 4.90 Å². The third-order valence-corrected chi connectivity index (χ3v) is 5.47. The van der Waals surface area contributed by atoms with E-state index in [2.05, 4.69) is 9.97 Å². The van der Waals surface area contributed by atoms with Crippen LogP contribution < -0.4 is 0 Å². The average molecular weight is 411 g/mol. The van der Waals surface area contributed by atoms with Crippen molar-refractivity contribution in [3.8, 4) is 0 Å². The van der Waals surface area contributed by atoms with Gasteiger partial charge in [-0.3, -0.25) is 14.8 Å². The van der Waals surface area contributed by atoms with Crippen molar-refractivity contribution >= 4 is 35.0 Å². The van der Waals surface area contributed by atoms with Gasteiger partial charge >= 0.3 is 0 Å². The first-order valence-electron chi connectivity index (χ1n) is 9.50. The molecule has 152 valence electrons. The fraction of sp³-hybridized carbons (Fsp3) is 0.526. The first-order chi connectivity index (χ1) is 13.4. The van der Waals surface area contributed by atoms with E-state index in [1.807, 2.05) is 6.92 Å². The Hall–Kier alpha value is -2.19. The number of imidazole rings is 1. The van der Waals surface area contributed by atoms with E-state index in [9.17, 15) is 19.2 Å². The maximum absolute atomic E-state index is 13.7. The predicted molar refractivity (Wildman–Crippen MR) is 102 cm³/mol. The number of amides is 2. The molecule has 0 radical (unpaired) electrons. The molecule has 0 unspecified atom stereocenters. The molecule has 3 rings (SSSR count). The Bertz CT molecular complexity index is 820. The zero-order chi connectivity index (χ0) is 20.3. The van der Waals surface area contributed by atoms with Crippen LogP contribution in [0.5, 0.6) is 0 Å². The van der Waals surface area contributed by atoms with Crippen molar-refractivity contribution in [3.05, 3.63) is 28.8 Å². The molecule has 1 aliphatic rings. The number of nitrogens with one attached hydrogen (secondary N) is 1. The summed E-state index contributed by atoms with van der Waals surface area (Å²) in [5, 5.41) is 10.1. The van der Waals surface area contributed by atoms with Gasteiger partial charge in [-0.25, -0.2) is 14.4 Å². The summed E-state index contributed by atoms with van der Waals surface area (Å²) < 4.78 is 13.7. The maximum atomic E-state index is 13.7. The lowest BCUT2D eigenvalue weighted by molar-refractivity contribution is -0.157. The van der Waals surface area contributed by atoms with Crippen LogP contribution in [0.25, 0.3) is 11.0 Å². The zero-order valence-electron chi connectivity index (χ0n) is 15.7. The first kappa shape index (κ1) is 20.5. The summed E-state index contributed by atoms with van der Waals surface area (Å²) in [5.41, 5.74) is 1.08. The third kappa shape index (κ3) is 4.28. The number of H-pyrrole nitrogens is 1. The van der Waals surface area contributed by atoms with Gasteiger partial charge in [0.15, 0.2) is 0 Å². The van der Waals surface area contributed by atoms with Gasteiger partial charge in [0.05, 0.1) is 34.6 Å². The van der Waals surface area contributed by atoms with Crippen molar-refractivity contribution in [1.82, 2.24) is 19.9 Å². The van der Waals surface area contributed by atoms with Gasteiger partial charge in [-0.1, -0.05) is 31.4 Å². The monoisotopic (exact) mass is 410 g/mol. The van der Waals surface area contributed by atoms with E-state index in [-0.39, 0.29) is 23.5 Å². The number of hydrogen-bond acceptors (Lipinski definition) is 4. The van der Waals surface area contributed by atoms with Crippen LogP contribution in [0.15, 0.2) is 12.1 Å². The molecule has 28 heavy (non-hydrogen) atoms. The maximum Gasteiger partial charge on any atom is 0.233 e. The van der Waals surface area contributed by atoms with Crippen molar-refractivity contribution in [2.24, 2.45) is 5.92 Å². The number of hydroxylamine groups is 2. The fourth-order valence-electron chi connectivity index (χ4n) is 3.74. The minimum absolute atomic E-state index is 0.00133. The van der Waals surface area contributed by atoms with Gasteiger partial charge in [0.1, 0.15) is 11.6 Å². The molecule has 2 atom stereocenters. The molecule has 9 heteroatoms. The van der Waals surface area contributed by atoms with Crippen LogP contribution in [0.1, 0.15) is 50.9 Å². The second kappa shape index (κ2) is 8.87. The Morgan fingerprint density at radius 2 is 2.36 bits per heavy atom. The van der Waals surface area contributed by atoms with Gasteiger partial charge in [-0.05, 0) is 25.3 Å². The van der Waals surface area contributed by atoms with Crippen molar-refractivity contribution in [2.45, 2.75) is 45.1 Å². The summed E-state index contributed by atoms with van der Waals surface area (Å²) in [4.78, 5) is 33.3. The number of carbonyl (C=O) groups excluding carboxylic acids is 2. The van der Waals surface area contributed by atoms with Crippen LogP contribution in [0.4, 0.5) is 4.39 Å². The first-order valence-corrected chi connectivity index (χ1v) is 9.88. The number of carbonyl (C=O) groups is 2. The molecule has 1 saturated heterocycles. The number of hydrogen-bond donors (Lipinski definition) is 2. The molecule has 1 aliphatic heterocycles. The standard InChI is InChI=1S/C19H24ClFN4O3/c1-2-3-5-12(10-24(28)11-26)19(27)25-7-4-6-17(25)18-22-15-8-13(20)14(21)9-16(15)23-18/h8-9,11-12,17,28H,2-7,10H2,1H3,(H,22,23)/t12-,17+/m1/s1. The quantitative estimate of drug-likeness (QED) is 0.394. The summed E-state index contributed by atoms with van der Waals surface area (Å²) in [5.74, 6) is -0.526. The van der Waals surface area contributed by atoms with E-state index in [4.69, 9.17) is 11.6 Å². The van der Waals surface area contributed by atoms with E-state index in [0.717, 1.165) is 25.7 Å². The molecular formula is C19H24ClFN4O3. The van der Waals surface area contributed by atoms with Crippen LogP contribution in [0.3, 0.4) is 0 Å². The predicted octanol–water partition coefficient (Wildman–Crippen LogP) is 3.67. The van der Waals surface area contributed by atoms with Crippen LogP contribution in [-0.2, 0) is 9.59 Å². The molecule has 2 heterocycles. The zero-order valence-corrected chi connectivity index (χ0v) is 16.5. The Morgan fingerprint density at radius 3 is 3.07 bits per heavy atom. The number of benzene rings is 1. The van der Waals surface area contributed by atoms with E-state index in [0.29, 0.717) is 41.3 Å². The van der Waals surface area contributed by atoms with Crippen molar-refractivity contribution in [1.29, 1.82) is 0 Å². The molecule has 2 aromatic rings. The molecule has 1 fully saturated rings. The molecule has 0 spiro atoms. The smallest absolute Gasteiger partial charge is 0.233 e. The number of rotatable bonds is 8. The normalized spacial score (nSPS) is 17.9. The summed E-state index contributed by atoms with van der Waals surface area (Å²) >= 11 is 5.84. The highest BCUT2D eigenvalue weighted by Crippen LogP contribution is 2.34. The van der Waals surface area contributed by atoms with Gasteiger partial charge < -0.3 is 9.88 Å². The van der Waals surface area contributed by atoms with E-state index < -0.39 is 11.7 Å². The van der Waals surface area contributed by atoms with Crippen LogP contribution in [0, 0.1) is 11.7 Å². The highest BCUT2D eigenvalue weighted by Gasteiger charge is 2.36. The number of halogens is 2. The number of aromatic amines is 1. The molecule has 0 aliphatic carbocycles. The van der Waals surface area contributed by atoms with Gasteiger partial charge in [0, 0.05) is 12.6 Å². The second-order valence-corrected chi connectivity index (χ2v) is 7.57. The van der Waals surface area contributed by atoms with Crippen LogP contribution in [0.2, 0.25) is 5.02 Å². The van der Waals surface area contributed by atoms with Gasteiger partial charge in [-0.15, -0.1) is 0 Å². The lowest BCUT2D eigenvalue weighted by Crippen LogP contribution is -2.40. The number of nitrogens with zero attached hydrogens (tertiary/aromatic N) is 3. The summed E-state index contributed by atoms with van der Waals surface area (Å²) in [6.45, 7) is 2.56. The average Bonchev–Trinajstić information content (AvgIpc) is 3.31. The number of fused-ring (bicyclic) bond motifs is 1. The third-order valence-electron chi connectivity index (χ3n) is 5.18. The topological polar surface area (TPSA) is 89.5 Å². The Kier molecular flexibility index (Phi) is 6.51. The minimum Gasteiger partial charge on any atom is -0.340 e. The molecular weight excluding hydrogens is 387 g/mol. The highest BCUT2D eigenvalue weighted by molar-refractivity contribution is 6.31. The summed E-state index contributed by atoms with van der Waals surface area (Å²) in [6, 6.07) is 2.51. The van der Waals surface area contributed by atoms with Crippen LogP contribution in [-0.4, -0.2) is 50.5 Å². The van der Waals surface area contributed by atoms with Gasteiger partial charge in [0.2, 0.25) is 12.3 Å². The largest absolute Gasteiger partial charge is 0.340 e. The molecule has 2 amide bonds. The van der Waals surface area contributed by atoms with Crippen molar-refractivity contribution in [2.75, 3.05) is 13.1 Å². The molecule has 7 nitrogen and oxygen atoms in total. The molecule has 0 bridgehead atoms. The minimum atomic E-state index is -0.528. The van der Waals surface area contributed by atoms with E-state index >= 15 is 0 Å². The fourth-order valence-corrected chi connectivity index (χ4v) is 3.90. The van der Waals surface area contributed by atoms with Gasteiger partial charge in [0.25, 0.3) is 0 Å².